The maximum atomic E-state index is 12.0. The summed E-state index contributed by atoms with van der Waals surface area (Å²) in [6.07, 6.45) is 4.09. The molecule has 0 aliphatic carbocycles. The molecule has 0 spiro atoms. The number of nitrogens with one attached hydrogen (secondary N) is 1. The fourth-order valence-electron chi connectivity index (χ4n) is 4.96. The molecule has 1 amide bonds. The van der Waals surface area contributed by atoms with Crippen LogP contribution in [0.2, 0.25) is 0 Å². The van der Waals surface area contributed by atoms with Gasteiger partial charge in [-0.05, 0) is 38.3 Å². The second-order valence-corrected chi connectivity index (χ2v) is 9.25. The van der Waals surface area contributed by atoms with Crippen LogP contribution in [0.15, 0.2) is 24.3 Å². The van der Waals surface area contributed by atoms with Gasteiger partial charge in [0.15, 0.2) is 0 Å². The molecule has 6 nitrogen and oxygen atoms in total. The van der Waals surface area contributed by atoms with Crippen molar-refractivity contribution in [2.24, 2.45) is 0 Å². The molecule has 1 N–H and O–H groups in total. The van der Waals surface area contributed by atoms with Crippen LogP contribution >= 0.6 is 0 Å². The lowest BCUT2D eigenvalue weighted by Crippen LogP contribution is -2.48. The summed E-state index contributed by atoms with van der Waals surface area (Å²) in [5.74, 6) is 0.155. The molecule has 3 aliphatic rings. The van der Waals surface area contributed by atoms with Crippen LogP contribution in [-0.2, 0) is 9.53 Å². The average molecular weight is 401 g/mol. The van der Waals surface area contributed by atoms with Crippen LogP contribution in [0.25, 0.3) is 0 Å². The highest BCUT2D eigenvalue weighted by Crippen LogP contribution is 2.26. The Kier molecular flexibility index (Phi) is 6.42. The fraction of sp³-hybridized carbons (Fsp3) is 0.696. The third-order valence-corrected chi connectivity index (χ3v) is 6.76. The number of aryl methyl sites for hydroxylation is 1. The molecule has 160 valence electrons. The SMILES string of the molecule is Cc1ccc(N2CCC(N[C@@H]3C[C@H]4CO[C@@H](CC(=O)N(C)C)CN4C3)CC2)cc1. The third-order valence-electron chi connectivity index (χ3n) is 6.76. The van der Waals surface area contributed by atoms with Crippen LogP contribution in [0.3, 0.4) is 0 Å². The second kappa shape index (κ2) is 9.02. The van der Waals surface area contributed by atoms with E-state index in [-0.39, 0.29) is 12.0 Å². The van der Waals surface area contributed by atoms with Crippen molar-refractivity contribution >= 4 is 11.6 Å². The largest absolute Gasteiger partial charge is 0.375 e. The Labute approximate surface area is 175 Å². The van der Waals surface area contributed by atoms with Gasteiger partial charge in [-0.25, -0.2) is 0 Å². The summed E-state index contributed by atoms with van der Waals surface area (Å²) >= 11 is 0. The average Bonchev–Trinajstić information content (AvgIpc) is 3.10. The van der Waals surface area contributed by atoms with Crippen LogP contribution in [-0.4, -0.2) is 86.8 Å². The van der Waals surface area contributed by atoms with Crippen molar-refractivity contribution in [3.63, 3.8) is 0 Å². The monoisotopic (exact) mass is 400 g/mol. The van der Waals surface area contributed by atoms with E-state index in [2.05, 4.69) is 46.3 Å². The van der Waals surface area contributed by atoms with Crippen LogP contribution in [0.4, 0.5) is 5.69 Å². The zero-order chi connectivity index (χ0) is 20.4. The Morgan fingerprint density at radius 3 is 2.55 bits per heavy atom. The van der Waals surface area contributed by atoms with Crippen molar-refractivity contribution in [3.05, 3.63) is 29.8 Å². The van der Waals surface area contributed by atoms with Gasteiger partial charge in [0.1, 0.15) is 0 Å². The minimum absolute atomic E-state index is 0.0395. The van der Waals surface area contributed by atoms with Crippen molar-refractivity contribution in [2.45, 2.75) is 56.8 Å². The van der Waals surface area contributed by atoms with Gasteiger partial charge < -0.3 is 19.9 Å². The maximum absolute atomic E-state index is 12.0. The number of benzene rings is 1. The first-order chi connectivity index (χ1) is 14.0. The first-order valence-corrected chi connectivity index (χ1v) is 11.1. The summed E-state index contributed by atoms with van der Waals surface area (Å²) in [6.45, 7) is 7.11. The van der Waals surface area contributed by atoms with Crippen LogP contribution in [0, 0.1) is 6.92 Å². The van der Waals surface area contributed by atoms with E-state index in [1.807, 2.05) is 14.1 Å². The van der Waals surface area contributed by atoms with E-state index in [9.17, 15) is 4.79 Å². The molecule has 29 heavy (non-hydrogen) atoms. The number of piperidine rings is 1. The third kappa shape index (κ3) is 5.11. The topological polar surface area (TPSA) is 48.1 Å². The van der Waals surface area contributed by atoms with E-state index in [1.54, 1.807) is 4.90 Å². The van der Waals surface area contributed by atoms with Gasteiger partial charge in [-0.3, -0.25) is 9.69 Å². The van der Waals surface area contributed by atoms with E-state index in [1.165, 1.54) is 24.1 Å². The van der Waals surface area contributed by atoms with Gasteiger partial charge >= 0.3 is 0 Å². The normalized spacial score (nSPS) is 28.4. The minimum atomic E-state index is 0.0395. The van der Waals surface area contributed by atoms with Gasteiger partial charge in [0, 0.05) is 64.1 Å². The van der Waals surface area contributed by atoms with E-state index in [0.717, 1.165) is 39.2 Å². The summed E-state index contributed by atoms with van der Waals surface area (Å²) < 4.78 is 6.00. The lowest BCUT2D eigenvalue weighted by molar-refractivity contribution is -0.134. The number of morpholine rings is 1. The van der Waals surface area contributed by atoms with Gasteiger partial charge in [0.05, 0.1) is 19.1 Å². The first-order valence-electron chi connectivity index (χ1n) is 11.1. The highest BCUT2D eigenvalue weighted by atomic mass is 16.5. The van der Waals surface area contributed by atoms with Crippen molar-refractivity contribution in [1.29, 1.82) is 0 Å². The predicted octanol–water partition coefficient (Wildman–Crippen LogP) is 1.87. The molecule has 0 radical (unpaired) electrons. The highest BCUT2D eigenvalue weighted by Gasteiger charge is 2.38. The Bertz CT molecular complexity index is 685. The van der Waals surface area contributed by atoms with E-state index in [0.29, 0.717) is 24.5 Å². The molecule has 3 heterocycles. The Morgan fingerprint density at radius 1 is 1.14 bits per heavy atom. The van der Waals surface area contributed by atoms with Crippen LogP contribution in [0.1, 0.15) is 31.2 Å². The molecule has 1 aromatic rings. The van der Waals surface area contributed by atoms with E-state index in [4.69, 9.17) is 4.74 Å². The standard InChI is InChI=1S/C23H36N4O2/c1-17-4-6-20(7-5-17)26-10-8-18(9-11-26)24-19-12-21-16-29-22(15-27(21)14-19)13-23(28)25(2)3/h4-7,18-19,21-22,24H,8-16H2,1-3H3/t19-,21+,22+/m1/s1. The van der Waals surface area contributed by atoms with Gasteiger partial charge in [0.25, 0.3) is 0 Å². The molecule has 3 fully saturated rings. The second-order valence-electron chi connectivity index (χ2n) is 9.25. The Hall–Kier alpha value is -1.63. The predicted molar refractivity (Wildman–Crippen MR) is 116 cm³/mol. The molecule has 3 aliphatic heterocycles. The highest BCUT2D eigenvalue weighted by molar-refractivity contribution is 5.76. The van der Waals surface area contributed by atoms with Crippen molar-refractivity contribution in [1.82, 2.24) is 15.1 Å². The van der Waals surface area contributed by atoms with Crippen LogP contribution in [0.5, 0.6) is 0 Å². The van der Waals surface area contributed by atoms with Crippen LogP contribution < -0.4 is 10.2 Å². The zero-order valence-electron chi connectivity index (χ0n) is 18.1. The number of nitrogens with zero attached hydrogens (tertiary/aromatic N) is 3. The number of carbonyl (C=O) groups is 1. The number of ether oxygens (including phenoxy) is 1. The number of rotatable bonds is 5. The summed E-state index contributed by atoms with van der Waals surface area (Å²) in [7, 11) is 3.63. The first kappa shape index (κ1) is 20.6. The number of hydrogen-bond donors (Lipinski definition) is 1. The Balaban J connectivity index is 1.22. The summed E-state index contributed by atoms with van der Waals surface area (Å²) in [4.78, 5) is 18.7. The van der Waals surface area contributed by atoms with Gasteiger partial charge in [0.2, 0.25) is 5.91 Å². The quantitative estimate of drug-likeness (QED) is 0.818. The molecule has 0 saturated carbocycles. The summed E-state index contributed by atoms with van der Waals surface area (Å²) in [5, 5.41) is 3.93. The minimum Gasteiger partial charge on any atom is -0.375 e. The van der Waals surface area contributed by atoms with Crippen molar-refractivity contribution in [2.75, 3.05) is 51.8 Å². The molecule has 1 aromatic carbocycles. The van der Waals surface area contributed by atoms with Gasteiger partial charge in [-0.1, -0.05) is 17.7 Å². The number of fused-ring (bicyclic) bond motifs is 1. The molecular weight excluding hydrogens is 364 g/mol. The molecule has 0 bridgehead atoms. The molecular formula is C23H36N4O2. The molecule has 3 atom stereocenters. The van der Waals surface area contributed by atoms with Gasteiger partial charge in [-0.2, -0.15) is 0 Å². The van der Waals surface area contributed by atoms with E-state index >= 15 is 0 Å². The molecule has 3 saturated heterocycles. The number of anilines is 1. The number of carbonyl (C=O) groups excluding carboxylic acids is 1. The number of amides is 1. The smallest absolute Gasteiger partial charge is 0.224 e. The summed E-state index contributed by atoms with van der Waals surface area (Å²) in [5.41, 5.74) is 2.67. The Morgan fingerprint density at radius 2 is 1.86 bits per heavy atom. The fourth-order valence-corrected chi connectivity index (χ4v) is 4.96. The molecule has 0 aromatic heterocycles. The van der Waals surface area contributed by atoms with E-state index < -0.39 is 0 Å². The van der Waals surface area contributed by atoms with Crippen molar-refractivity contribution < 1.29 is 9.53 Å². The van der Waals surface area contributed by atoms with Crippen molar-refractivity contribution in [3.8, 4) is 0 Å². The molecule has 6 heteroatoms. The maximum Gasteiger partial charge on any atom is 0.224 e. The lowest BCUT2D eigenvalue weighted by Gasteiger charge is -2.35. The molecule has 0 unspecified atom stereocenters. The summed E-state index contributed by atoms with van der Waals surface area (Å²) in [6, 6.07) is 10.6. The number of hydrogen-bond acceptors (Lipinski definition) is 5. The lowest BCUT2D eigenvalue weighted by atomic mass is 10.0. The zero-order valence-corrected chi connectivity index (χ0v) is 18.1. The van der Waals surface area contributed by atoms with Gasteiger partial charge in [-0.15, -0.1) is 0 Å². The molecule has 4 rings (SSSR count).